The molecule has 0 unspecified atom stereocenters. The predicted octanol–water partition coefficient (Wildman–Crippen LogP) is -3.42. The Kier molecular flexibility index (Phi) is 36.3. The summed E-state index contributed by atoms with van der Waals surface area (Å²) in [6.07, 6.45) is 0. The van der Waals surface area contributed by atoms with Gasteiger partial charge in [0.25, 0.3) is 5.09 Å². The zero-order valence-corrected chi connectivity index (χ0v) is 11.4. The minimum Gasteiger partial charge on any atom is -0.356 e. The fourth-order valence-corrected chi connectivity index (χ4v) is 0. The SMILES string of the molecule is N.O=[N+]([O-])O.O=[N+]([O-])[O-].[Cs+]. The summed E-state index contributed by atoms with van der Waals surface area (Å²) < 4.78 is 0. The molecule has 0 heterocycles. The van der Waals surface area contributed by atoms with Gasteiger partial charge in [-0.1, -0.05) is 0 Å². The first-order valence-corrected chi connectivity index (χ1v) is 1.11. The molecule has 0 aliphatic carbocycles. The van der Waals surface area contributed by atoms with Crippen molar-refractivity contribution in [2.75, 3.05) is 0 Å². The number of hydrogen-bond acceptors (Lipinski definition) is 6. The third-order valence-electron chi connectivity index (χ3n) is 0. The Hall–Kier alpha value is 0.412. The molecule has 0 amide bonds. The molecular formula is H4CsN3O6. The summed E-state index contributed by atoms with van der Waals surface area (Å²) in [6, 6.07) is 0. The van der Waals surface area contributed by atoms with Crippen LogP contribution < -0.4 is 75.0 Å². The third-order valence-corrected chi connectivity index (χ3v) is 0. The van der Waals surface area contributed by atoms with Crippen LogP contribution in [0.4, 0.5) is 0 Å². The van der Waals surface area contributed by atoms with Gasteiger partial charge >= 0.3 is 68.9 Å². The minimum atomic E-state index is -1.75. The standard InChI is InChI=1S/Cs.HNO3.NO3.H3N/c;2*2-1(3)4;/h;(H,2,3,4);;1H3/q+1;;-1;. The van der Waals surface area contributed by atoms with Crippen LogP contribution in [0.5, 0.6) is 0 Å². The number of hydrogen-bond donors (Lipinski definition) is 2. The quantitative estimate of drug-likeness (QED) is 0.343. The molecule has 0 aromatic heterocycles. The molecule has 4 N–H and O–H groups in total. The molecule has 0 radical (unpaired) electrons. The van der Waals surface area contributed by atoms with E-state index in [0.717, 1.165) is 0 Å². The van der Waals surface area contributed by atoms with E-state index in [-0.39, 0.29) is 75.0 Å². The van der Waals surface area contributed by atoms with E-state index in [0.29, 0.717) is 0 Å². The van der Waals surface area contributed by atoms with Crippen LogP contribution >= 0.6 is 0 Å². The molecule has 0 atom stereocenters. The fraction of sp³-hybridized carbons (Fsp3) is 0. The van der Waals surface area contributed by atoms with Crippen LogP contribution in [0.2, 0.25) is 0 Å². The van der Waals surface area contributed by atoms with E-state index in [2.05, 4.69) is 0 Å². The summed E-state index contributed by atoms with van der Waals surface area (Å²) in [6.45, 7) is 0. The molecule has 10 heteroatoms. The monoisotopic (exact) mass is 275 g/mol. The predicted molar refractivity (Wildman–Crippen MR) is 24.2 cm³/mol. The average Bonchev–Trinajstić information content (AvgIpc) is 1.25. The molecule has 0 saturated heterocycles. The van der Waals surface area contributed by atoms with Gasteiger partial charge in [-0.2, -0.15) is 0 Å². The van der Waals surface area contributed by atoms with E-state index in [9.17, 15) is 0 Å². The summed E-state index contributed by atoms with van der Waals surface area (Å²) in [7, 11) is 0. The van der Waals surface area contributed by atoms with Crippen molar-refractivity contribution in [3.8, 4) is 0 Å². The number of rotatable bonds is 0. The Morgan fingerprint density at radius 3 is 1.10 bits per heavy atom. The Labute approximate surface area is 114 Å². The smallest absolute Gasteiger partial charge is 0.356 e. The normalized spacial score (nSPS) is 4.80. The van der Waals surface area contributed by atoms with Gasteiger partial charge in [0.1, 0.15) is 0 Å². The first-order valence-electron chi connectivity index (χ1n) is 1.11. The third kappa shape index (κ3) is 2720. The molecule has 0 aliphatic heterocycles. The van der Waals surface area contributed by atoms with Crippen LogP contribution in [0.1, 0.15) is 0 Å². The first kappa shape index (κ1) is 22.4. The molecule has 0 spiro atoms. The molecule has 0 saturated carbocycles. The van der Waals surface area contributed by atoms with Gasteiger partial charge in [-0.15, -0.1) is 10.1 Å². The Balaban J connectivity index is -0.0000000300. The van der Waals surface area contributed by atoms with Crippen LogP contribution in [0.15, 0.2) is 0 Å². The summed E-state index contributed by atoms with van der Waals surface area (Å²) in [4.78, 5) is 16.6. The molecule has 0 aliphatic rings. The largest absolute Gasteiger partial charge is 1.00 e. The molecule has 0 bridgehead atoms. The second-order valence-corrected chi connectivity index (χ2v) is 0.461. The minimum absolute atomic E-state index is 0. The van der Waals surface area contributed by atoms with Crippen LogP contribution in [-0.2, 0) is 0 Å². The van der Waals surface area contributed by atoms with Gasteiger partial charge in [-0.3, -0.25) is 0 Å². The Morgan fingerprint density at radius 1 is 1.10 bits per heavy atom. The van der Waals surface area contributed by atoms with Gasteiger partial charge in [0.2, 0.25) is 0 Å². The van der Waals surface area contributed by atoms with Crippen LogP contribution in [0, 0.1) is 25.4 Å². The molecule has 10 heavy (non-hydrogen) atoms. The van der Waals surface area contributed by atoms with Crippen molar-refractivity contribution < 1.29 is 84.3 Å². The van der Waals surface area contributed by atoms with Gasteiger partial charge in [-0.25, -0.2) is 0 Å². The molecule has 56 valence electrons. The van der Waals surface area contributed by atoms with Crippen molar-refractivity contribution in [1.29, 1.82) is 0 Å². The zero-order chi connectivity index (χ0) is 7.15. The Bertz CT molecular complexity index is 71.0. The topological polar surface area (TPSA) is 165 Å². The second-order valence-electron chi connectivity index (χ2n) is 0.461. The van der Waals surface area contributed by atoms with E-state index in [4.69, 9.17) is 30.6 Å². The first-order chi connectivity index (χ1) is 3.46. The van der Waals surface area contributed by atoms with E-state index >= 15 is 0 Å². The summed E-state index contributed by atoms with van der Waals surface area (Å²) in [5.41, 5.74) is 0. The van der Waals surface area contributed by atoms with Crippen molar-refractivity contribution in [2.45, 2.75) is 0 Å². The Morgan fingerprint density at radius 2 is 1.10 bits per heavy atom. The van der Waals surface area contributed by atoms with E-state index in [1.54, 1.807) is 0 Å². The summed E-state index contributed by atoms with van der Waals surface area (Å²) >= 11 is 0. The average molecular weight is 275 g/mol. The van der Waals surface area contributed by atoms with Crippen molar-refractivity contribution >= 4 is 0 Å². The van der Waals surface area contributed by atoms with Gasteiger partial charge in [0.15, 0.2) is 0 Å². The van der Waals surface area contributed by atoms with Crippen molar-refractivity contribution in [3.63, 3.8) is 0 Å². The maximum absolute atomic E-state index is 8.36. The molecule has 0 aromatic rings. The molecule has 0 fully saturated rings. The van der Waals surface area contributed by atoms with Crippen LogP contribution in [0.3, 0.4) is 0 Å². The maximum atomic E-state index is 8.36. The van der Waals surface area contributed by atoms with E-state index in [1.165, 1.54) is 0 Å². The van der Waals surface area contributed by atoms with Gasteiger partial charge < -0.3 is 26.7 Å². The van der Waals surface area contributed by atoms with E-state index in [1.807, 2.05) is 0 Å². The maximum Gasteiger partial charge on any atom is 1.00 e. The van der Waals surface area contributed by atoms with Crippen molar-refractivity contribution in [1.82, 2.24) is 6.15 Å². The van der Waals surface area contributed by atoms with Crippen molar-refractivity contribution in [2.24, 2.45) is 0 Å². The molecule has 0 aromatic carbocycles. The second kappa shape index (κ2) is 16.2. The summed E-state index contributed by atoms with van der Waals surface area (Å²) in [5, 5.41) is 28.4. The molecule has 0 rings (SSSR count). The fourth-order valence-electron chi connectivity index (χ4n) is 0. The van der Waals surface area contributed by atoms with Gasteiger partial charge in [0, 0.05) is 0 Å². The van der Waals surface area contributed by atoms with Gasteiger partial charge in [-0.05, 0) is 0 Å². The molecule has 9 nitrogen and oxygen atoms in total. The zero-order valence-electron chi connectivity index (χ0n) is 5.09. The molecular weight excluding hydrogens is 271 g/mol. The van der Waals surface area contributed by atoms with Crippen LogP contribution in [0.25, 0.3) is 0 Å². The summed E-state index contributed by atoms with van der Waals surface area (Å²) in [5.74, 6) is 0. The van der Waals surface area contributed by atoms with Gasteiger partial charge in [0.05, 0.1) is 5.09 Å². The van der Waals surface area contributed by atoms with Crippen molar-refractivity contribution in [3.05, 3.63) is 25.4 Å². The number of nitrogens with zero attached hydrogens (tertiary/aromatic N) is 2. The van der Waals surface area contributed by atoms with E-state index < -0.39 is 10.2 Å². The van der Waals surface area contributed by atoms with Crippen LogP contribution in [-0.4, -0.2) is 15.4 Å².